The van der Waals surface area contributed by atoms with Gasteiger partial charge < -0.3 is 5.32 Å². The van der Waals surface area contributed by atoms with Crippen LogP contribution in [0.25, 0.3) is 0 Å². The number of amides is 1. The molecule has 80 valence electrons. The maximum absolute atomic E-state index is 10.8. The van der Waals surface area contributed by atoms with Crippen LogP contribution in [-0.2, 0) is 4.79 Å². The summed E-state index contributed by atoms with van der Waals surface area (Å²) in [6.45, 7) is 2.38. The lowest BCUT2D eigenvalue weighted by Crippen LogP contribution is -2.22. The van der Waals surface area contributed by atoms with E-state index >= 15 is 0 Å². The molecule has 1 fully saturated rings. The van der Waals surface area contributed by atoms with E-state index in [2.05, 4.69) is 39.4 Å². The number of halogens is 1. The number of carbonyl (C=O) groups is 1. The zero-order chi connectivity index (χ0) is 10.8. The number of nitrogens with one attached hydrogen (secondary N) is 1. The van der Waals surface area contributed by atoms with E-state index in [1.54, 1.807) is 6.92 Å². The van der Waals surface area contributed by atoms with Crippen molar-refractivity contribution in [1.82, 2.24) is 5.32 Å². The fourth-order valence-corrected chi connectivity index (χ4v) is 2.31. The monoisotopic (exact) mass is 267 g/mol. The topological polar surface area (TPSA) is 29.1 Å². The number of hydrogen-bond acceptors (Lipinski definition) is 1. The second kappa shape index (κ2) is 4.35. The summed E-state index contributed by atoms with van der Waals surface area (Å²) < 4.78 is 1.13. The molecule has 0 saturated heterocycles. The normalized spacial score (nSPS) is 23.6. The molecular formula is C12H14BrNO. The van der Waals surface area contributed by atoms with Crippen LogP contribution in [0.1, 0.15) is 24.8 Å². The van der Waals surface area contributed by atoms with Gasteiger partial charge in [0, 0.05) is 17.9 Å². The Labute approximate surface area is 98.2 Å². The van der Waals surface area contributed by atoms with Gasteiger partial charge >= 0.3 is 0 Å². The number of hydrogen-bond donors (Lipinski definition) is 1. The third-order valence-electron chi connectivity index (χ3n) is 2.81. The van der Waals surface area contributed by atoms with Crippen molar-refractivity contribution in [2.75, 3.05) is 6.54 Å². The fraction of sp³-hybridized carbons (Fsp3) is 0.417. The number of carbonyl (C=O) groups excluding carboxylic acids is 1. The minimum atomic E-state index is 0.0647. The first-order valence-corrected chi connectivity index (χ1v) is 5.96. The van der Waals surface area contributed by atoms with Gasteiger partial charge in [-0.15, -0.1) is 0 Å². The second-order valence-electron chi connectivity index (χ2n) is 4.09. The van der Waals surface area contributed by atoms with Crippen molar-refractivity contribution < 1.29 is 4.79 Å². The fourth-order valence-electron chi connectivity index (χ4n) is 1.89. The van der Waals surface area contributed by atoms with Crippen molar-refractivity contribution in [3.63, 3.8) is 0 Å². The van der Waals surface area contributed by atoms with Gasteiger partial charge in [-0.2, -0.15) is 0 Å². The van der Waals surface area contributed by atoms with Gasteiger partial charge in [0.25, 0.3) is 0 Å². The molecule has 0 bridgehead atoms. The van der Waals surface area contributed by atoms with Crippen LogP contribution in [0.4, 0.5) is 0 Å². The predicted molar refractivity (Wildman–Crippen MR) is 63.7 cm³/mol. The molecular weight excluding hydrogens is 254 g/mol. The summed E-state index contributed by atoms with van der Waals surface area (Å²) in [6, 6.07) is 8.42. The zero-order valence-corrected chi connectivity index (χ0v) is 10.3. The van der Waals surface area contributed by atoms with E-state index in [4.69, 9.17) is 0 Å². The van der Waals surface area contributed by atoms with Crippen LogP contribution in [0, 0.1) is 5.92 Å². The maximum atomic E-state index is 10.8. The SMILES string of the molecule is CC(=O)NC[C@@H]1C[C@H]1c1cccc(Br)c1. The Bertz CT molecular complexity index is 378. The molecule has 15 heavy (non-hydrogen) atoms. The van der Waals surface area contributed by atoms with Crippen LogP contribution in [0.5, 0.6) is 0 Å². The van der Waals surface area contributed by atoms with Gasteiger partial charge in [-0.1, -0.05) is 28.1 Å². The van der Waals surface area contributed by atoms with E-state index in [-0.39, 0.29) is 5.91 Å². The van der Waals surface area contributed by atoms with Gasteiger partial charge in [-0.05, 0) is 36.0 Å². The van der Waals surface area contributed by atoms with Gasteiger partial charge in [-0.25, -0.2) is 0 Å². The van der Waals surface area contributed by atoms with Crippen molar-refractivity contribution in [2.45, 2.75) is 19.3 Å². The van der Waals surface area contributed by atoms with Gasteiger partial charge in [-0.3, -0.25) is 4.79 Å². The van der Waals surface area contributed by atoms with Crippen LogP contribution < -0.4 is 5.32 Å². The molecule has 0 aromatic heterocycles. The first-order valence-electron chi connectivity index (χ1n) is 5.16. The first kappa shape index (κ1) is 10.7. The Morgan fingerprint density at radius 1 is 1.60 bits per heavy atom. The zero-order valence-electron chi connectivity index (χ0n) is 8.66. The highest BCUT2D eigenvalue weighted by atomic mass is 79.9. The highest BCUT2D eigenvalue weighted by Gasteiger charge is 2.37. The van der Waals surface area contributed by atoms with Gasteiger partial charge in [0.05, 0.1) is 0 Å². The lowest BCUT2D eigenvalue weighted by Gasteiger charge is -2.02. The summed E-state index contributed by atoms with van der Waals surface area (Å²) in [5, 5.41) is 2.87. The Morgan fingerprint density at radius 3 is 3.07 bits per heavy atom. The maximum Gasteiger partial charge on any atom is 0.216 e. The summed E-state index contributed by atoms with van der Waals surface area (Å²) in [4.78, 5) is 10.8. The lowest BCUT2D eigenvalue weighted by atomic mass is 10.1. The molecule has 0 radical (unpaired) electrons. The Balaban J connectivity index is 1.90. The van der Waals surface area contributed by atoms with E-state index in [1.165, 1.54) is 12.0 Å². The van der Waals surface area contributed by atoms with Crippen molar-refractivity contribution in [3.8, 4) is 0 Å². The minimum Gasteiger partial charge on any atom is -0.356 e. The van der Waals surface area contributed by atoms with Crippen LogP contribution >= 0.6 is 15.9 Å². The molecule has 2 rings (SSSR count). The highest BCUT2D eigenvalue weighted by molar-refractivity contribution is 9.10. The predicted octanol–water partition coefficient (Wildman–Crippen LogP) is 2.69. The average Bonchev–Trinajstić information content (AvgIpc) is 2.94. The highest BCUT2D eigenvalue weighted by Crippen LogP contribution is 2.47. The third kappa shape index (κ3) is 2.81. The van der Waals surface area contributed by atoms with Gasteiger partial charge in [0.1, 0.15) is 0 Å². The third-order valence-corrected chi connectivity index (χ3v) is 3.31. The Hall–Kier alpha value is -0.830. The standard InChI is InChI=1S/C12H14BrNO/c1-8(15)14-7-10-6-12(10)9-3-2-4-11(13)5-9/h2-5,10,12H,6-7H2,1H3,(H,14,15)/t10-,12-/m0/s1. The molecule has 1 aromatic rings. The molecule has 1 aliphatic carbocycles. The molecule has 0 unspecified atom stereocenters. The summed E-state index contributed by atoms with van der Waals surface area (Å²) in [7, 11) is 0. The molecule has 2 atom stereocenters. The van der Waals surface area contributed by atoms with Crippen molar-refractivity contribution >= 4 is 21.8 Å². The van der Waals surface area contributed by atoms with E-state index in [1.807, 2.05) is 6.07 Å². The Morgan fingerprint density at radius 2 is 2.40 bits per heavy atom. The average molecular weight is 268 g/mol. The lowest BCUT2D eigenvalue weighted by molar-refractivity contribution is -0.119. The van der Waals surface area contributed by atoms with E-state index in [9.17, 15) is 4.79 Å². The van der Waals surface area contributed by atoms with E-state index < -0.39 is 0 Å². The molecule has 0 heterocycles. The molecule has 1 saturated carbocycles. The smallest absolute Gasteiger partial charge is 0.216 e. The van der Waals surface area contributed by atoms with Crippen molar-refractivity contribution in [3.05, 3.63) is 34.3 Å². The van der Waals surface area contributed by atoms with Gasteiger partial charge in [0.15, 0.2) is 0 Å². The second-order valence-corrected chi connectivity index (χ2v) is 5.01. The molecule has 1 N–H and O–H groups in total. The van der Waals surface area contributed by atoms with Gasteiger partial charge in [0.2, 0.25) is 5.91 Å². The first-order chi connectivity index (χ1) is 7.16. The van der Waals surface area contributed by atoms with Crippen LogP contribution in [0.3, 0.4) is 0 Å². The molecule has 1 aliphatic rings. The molecule has 1 amide bonds. The number of rotatable bonds is 3. The quantitative estimate of drug-likeness (QED) is 0.897. The van der Waals surface area contributed by atoms with Crippen molar-refractivity contribution in [2.24, 2.45) is 5.92 Å². The van der Waals surface area contributed by atoms with E-state index in [0.717, 1.165) is 11.0 Å². The molecule has 3 heteroatoms. The molecule has 2 nitrogen and oxygen atoms in total. The molecule has 0 spiro atoms. The van der Waals surface area contributed by atoms with Crippen molar-refractivity contribution in [1.29, 1.82) is 0 Å². The van der Waals surface area contributed by atoms with E-state index in [0.29, 0.717) is 11.8 Å². The molecule has 1 aromatic carbocycles. The minimum absolute atomic E-state index is 0.0647. The van der Waals surface area contributed by atoms with Crippen LogP contribution in [-0.4, -0.2) is 12.5 Å². The Kier molecular flexibility index (Phi) is 3.10. The van der Waals surface area contributed by atoms with Crippen LogP contribution in [0.2, 0.25) is 0 Å². The summed E-state index contributed by atoms with van der Waals surface area (Å²) >= 11 is 3.47. The number of benzene rings is 1. The molecule has 0 aliphatic heterocycles. The summed E-state index contributed by atoms with van der Waals surface area (Å²) in [5.41, 5.74) is 1.37. The van der Waals surface area contributed by atoms with Crippen LogP contribution in [0.15, 0.2) is 28.7 Å². The summed E-state index contributed by atoms with van der Waals surface area (Å²) in [5.74, 6) is 1.33. The largest absolute Gasteiger partial charge is 0.356 e. The summed E-state index contributed by atoms with van der Waals surface area (Å²) in [6.07, 6.45) is 1.19.